The van der Waals surface area contributed by atoms with Gasteiger partial charge < -0.3 is 5.32 Å². The summed E-state index contributed by atoms with van der Waals surface area (Å²) in [6.45, 7) is 1.62. The maximum absolute atomic E-state index is 10.4. The van der Waals surface area contributed by atoms with Crippen LogP contribution in [0.25, 0.3) is 0 Å². The van der Waals surface area contributed by atoms with Gasteiger partial charge in [0.05, 0.1) is 6.54 Å². The van der Waals surface area contributed by atoms with Gasteiger partial charge in [-0.15, -0.1) is 24.0 Å². The lowest BCUT2D eigenvalue weighted by atomic mass is 10.1. The summed E-state index contributed by atoms with van der Waals surface area (Å²) in [4.78, 5) is 10.4. The summed E-state index contributed by atoms with van der Waals surface area (Å²) in [7, 11) is 0. The van der Waals surface area contributed by atoms with Crippen LogP contribution in [0.1, 0.15) is 12.8 Å². The lowest BCUT2D eigenvalue weighted by Gasteiger charge is -2.08. The van der Waals surface area contributed by atoms with E-state index in [0.29, 0.717) is 12.3 Å². The number of nitrogens with one attached hydrogen (secondary N) is 1. The highest BCUT2D eigenvalue weighted by molar-refractivity contribution is 14.0. The maximum Gasteiger partial charge on any atom is 0.146 e. The monoisotopic (exact) mass is 227 g/mol. The zero-order valence-electron chi connectivity index (χ0n) is 4.64. The number of ketones is 1. The summed E-state index contributed by atoms with van der Waals surface area (Å²) in [6, 6.07) is 0. The van der Waals surface area contributed by atoms with E-state index in [9.17, 15) is 4.79 Å². The van der Waals surface area contributed by atoms with Gasteiger partial charge in [0.1, 0.15) is 5.78 Å². The molecule has 1 heterocycles. The van der Waals surface area contributed by atoms with Gasteiger partial charge in [0.25, 0.3) is 0 Å². The van der Waals surface area contributed by atoms with Crippen LogP contribution in [0.5, 0.6) is 0 Å². The predicted molar refractivity (Wildman–Crippen MR) is 42.5 cm³/mol. The zero-order chi connectivity index (χ0) is 5.11. The summed E-state index contributed by atoms with van der Waals surface area (Å²) in [5.41, 5.74) is 0. The van der Waals surface area contributed by atoms with E-state index in [1.54, 1.807) is 0 Å². The molecule has 0 saturated carbocycles. The molecule has 1 N–H and O–H groups in total. The van der Waals surface area contributed by atoms with Gasteiger partial charge in [-0.05, 0) is 13.0 Å². The largest absolute Gasteiger partial charge is 0.310 e. The first-order valence-electron chi connectivity index (χ1n) is 2.62. The summed E-state index contributed by atoms with van der Waals surface area (Å²) >= 11 is 0. The van der Waals surface area contributed by atoms with Crippen LogP contribution >= 0.6 is 24.0 Å². The van der Waals surface area contributed by atoms with Crippen molar-refractivity contribution in [1.82, 2.24) is 5.32 Å². The van der Waals surface area contributed by atoms with Gasteiger partial charge in [-0.1, -0.05) is 0 Å². The van der Waals surface area contributed by atoms with Crippen molar-refractivity contribution < 1.29 is 4.79 Å². The van der Waals surface area contributed by atoms with Crippen LogP contribution in [0.3, 0.4) is 0 Å². The molecule has 1 fully saturated rings. The van der Waals surface area contributed by atoms with Crippen molar-refractivity contribution in [2.75, 3.05) is 13.1 Å². The Kier molecular flexibility index (Phi) is 4.45. The quantitative estimate of drug-likeness (QED) is 0.612. The molecule has 3 heteroatoms. The summed E-state index contributed by atoms with van der Waals surface area (Å²) in [5.74, 6) is 0.353. The number of carbonyl (C=O) groups is 1. The smallest absolute Gasteiger partial charge is 0.146 e. The molecule has 0 amide bonds. The highest BCUT2D eigenvalue weighted by Gasteiger charge is 2.04. The van der Waals surface area contributed by atoms with E-state index in [-0.39, 0.29) is 24.0 Å². The minimum absolute atomic E-state index is 0. The minimum Gasteiger partial charge on any atom is -0.310 e. The molecule has 1 rings (SSSR count). The molecule has 0 unspecified atom stereocenters. The van der Waals surface area contributed by atoms with E-state index in [1.165, 1.54) is 0 Å². The van der Waals surface area contributed by atoms with Gasteiger partial charge >= 0.3 is 0 Å². The lowest BCUT2D eigenvalue weighted by molar-refractivity contribution is -0.119. The second-order valence-electron chi connectivity index (χ2n) is 1.82. The number of Topliss-reactive ketones (excluding diaryl/α,β-unsaturated/α-hetero) is 1. The van der Waals surface area contributed by atoms with Crippen molar-refractivity contribution in [3.05, 3.63) is 0 Å². The van der Waals surface area contributed by atoms with Gasteiger partial charge in [-0.3, -0.25) is 4.79 Å². The molecule has 1 saturated heterocycles. The zero-order valence-corrected chi connectivity index (χ0v) is 6.98. The highest BCUT2D eigenvalue weighted by atomic mass is 127. The SMILES string of the molecule is I.O=C1CCCNC1. The topological polar surface area (TPSA) is 29.1 Å². The average molecular weight is 227 g/mol. The van der Waals surface area contributed by atoms with Gasteiger partial charge in [0.15, 0.2) is 0 Å². The Hall–Kier alpha value is 0.360. The highest BCUT2D eigenvalue weighted by Crippen LogP contribution is 1.92. The van der Waals surface area contributed by atoms with Gasteiger partial charge in [-0.2, -0.15) is 0 Å². The number of piperidine rings is 1. The third kappa shape index (κ3) is 2.61. The van der Waals surface area contributed by atoms with E-state index in [4.69, 9.17) is 0 Å². The average Bonchev–Trinajstić information content (AvgIpc) is 1.69. The fourth-order valence-electron chi connectivity index (χ4n) is 0.727. The first-order chi connectivity index (χ1) is 3.39. The van der Waals surface area contributed by atoms with Crippen LogP contribution in [-0.2, 0) is 4.79 Å². The van der Waals surface area contributed by atoms with E-state index in [1.807, 2.05) is 0 Å². The normalized spacial score (nSPS) is 19.8. The van der Waals surface area contributed by atoms with E-state index in [0.717, 1.165) is 19.4 Å². The minimum atomic E-state index is 0. The lowest BCUT2D eigenvalue weighted by Crippen LogP contribution is -2.29. The molecule has 0 aromatic heterocycles. The van der Waals surface area contributed by atoms with E-state index >= 15 is 0 Å². The molecule has 0 atom stereocenters. The van der Waals surface area contributed by atoms with Crippen LogP contribution in [0, 0.1) is 0 Å². The van der Waals surface area contributed by atoms with Gasteiger partial charge in [0, 0.05) is 6.42 Å². The third-order valence-electron chi connectivity index (χ3n) is 1.13. The molecule has 0 aliphatic carbocycles. The van der Waals surface area contributed by atoms with Crippen LogP contribution in [0.2, 0.25) is 0 Å². The van der Waals surface area contributed by atoms with Crippen molar-refractivity contribution in [3.63, 3.8) is 0 Å². The fourth-order valence-corrected chi connectivity index (χ4v) is 0.727. The molecule has 0 spiro atoms. The Bertz CT molecular complexity index is 76.5. The third-order valence-corrected chi connectivity index (χ3v) is 1.13. The molecule has 0 radical (unpaired) electrons. The van der Waals surface area contributed by atoms with Crippen LogP contribution < -0.4 is 5.32 Å². The van der Waals surface area contributed by atoms with Gasteiger partial charge in [-0.25, -0.2) is 0 Å². The van der Waals surface area contributed by atoms with Gasteiger partial charge in [0.2, 0.25) is 0 Å². The number of hydrogen-bond donors (Lipinski definition) is 1. The number of halogens is 1. The Morgan fingerprint density at radius 3 is 2.50 bits per heavy atom. The molecule has 1 aliphatic rings. The van der Waals surface area contributed by atoms with Crippen molar-refractivity contribution in [2.45, 2.75) is 12.8 Å². The second-order valence-corrected chi connectivity index (χ2v) is 1.82. The standard InChI is InChI=1S/C5H9NO.HI/c7-5-2-1-3-6-4-5;/h6H,1-4H2;1H. The molecule has 2 nitrogen and oxygen atoms in total. The van der Waals surface area contributed by atoms with E-state index in [2.05, 4.69) is 5.32 Å². The molecule has 0 aromatic carbocycles. The number of rotatable bonds is 0. The van der Waals surface area contributed by atoms with Crippen LogP contribution in [-0.4, -0.2) is 18.9 Å². The summed E-state index contributed by atoms with van der Waals surface area (Å²) in [5, 5.41) is 2.98. The molecule has 1 aliphatic heterocycles. The van der Waals surface area contributed by atoms with Crippen LogP contribution in [0.4, 0.5) is 0 Å². The molecule has 0 aromatic rings. The first kappa shape index (κ1) is 8.36. The Labute approximate surface area is 66.0 Å². The molecule has 8 heavy (non-hydrogen) atoms. The van der Waals surface area contributed by atoms with Crippen molar-refractivity contribution >= 4 is 29.8 Å². The van der Waals surface area contributed by atoms with Crippen molar-refractivity contribution in [1.29, 1.82) is 0 Å². The van der Waals surface area contributed by atoms with E-state index < -0.39 is 0 Å². The predicted octanol–water partition coefficient (Wildman–Crippen LogP) is 0.557. The maximum atomic E-state index is 10.4. The fraction of sp³-hybridized carbons (Fsp3) is 0.800. The Balaban J connectivity index is 0.000000490. The molecule has 48 valence electrons. The molecular weight excluding hydrogens is 217 g/mol. The second kappa shape index (κ2) is 4.26. The molecular formula is C5H10INO. The first-order valence-corrected chi connectivity index (χ1v) is 2.62. The summed E-state index contributed by atoms with van der Waals surface area (Å²) < 4.78 is 0. The van der Waals surface area contributed by atoms with Crippen molar-refractivity contribution in [2.24, 2.45) is 0 Å². The summed E-state index contributed by atoms with van der Waals surface area (Å²) in [6.07, 6.45) is 1.81. The number of carbonyl (C=O) groups excluding carboxylic acids is 1. The Morgan fingerprint density at radius 1 is 1.50 bits per heavy atom. The number of hydrogen-bond acceptors (Lipinski definition) is 2. The Morgan fingerprint density at radius 2 is 2.25 bits per heavy atom. The molecule has 0 bridgehead atoms. The van der Waals surface area contributed by atoms with Crippen LogP contribution in [0.15, 0.2) is 0 Å². The van der Waals surface area contributed by atoms with Crippen molar-refractivity contribution in [3.8, 4) is 0 Å².